The highest BCUT2D eigenvalue weighted by molar-refractivity contribution is 5.08. The van der Waals surface area contributed by atoms with Gasteiger partial charge < -0.3 is 9.72 Å². The summed E-state index contributed by atoms with van der Waals surface area (Å²) in [5.74, 6) is 0.703. The molecule has 1 N–H and O–H groups in total. The van der Waals surface area contributed by atoms with Crippen LogP contribution in [0.2, 0.25) is 0 Å². The van der Waals surface area contributed by atoms with Crippen LogP contribution in [0.1, 0.15) is 17.8 Å². The number of ether oxygens (including phenoxy) is 1. The van der Waals surface area contributed by atoms with E-state index < -0.39 is 0 Å². The lowest BCUT2D eigenvalue weighted by Gasteiger charge is -2.14. The maximum Gasteiger partial charge on any atom is 0.0925 e. The highest BCUT2D eigenvalue weighted by Gasteiger charge is 2.22. The number of H-pyrrole nitrogens is 1. The van der Waals surface area contributed by atoms with Crippen molar-refractivity contribution in [2.24, 2.45) is 5.92 Å². The molecule has 1 atom stereocenters. The van der Waals surface area contributed by atoms with Crippen molar-refractivity contribution in [2.75, 3.05) is 26.8 Å². The third-order valence-electron chi connectivity index (χ3n) is 3.08. The van der Waals surface area contributed by atoms with Crippen LogP contribution in [-0.4, -0.2) is 41.7 Å². The molecule has 0 saturated carbocycles. The molecule has 0 aliphatic carbocycles. The summed E-state index contributed by atoms with van der Waals surface area (Å²) in [6, 6.07) is 0. The van der Waals surface area contributed by atoms with Crippen LogP contribution in [0.25, 0.3) is 0 Å². The van der Waals surface area contributed by atoms with Gasteiger partial charge in [-0.05, 0) is 25.8 Å². The molecule has 2 rings (SSSR count). The molecule has 0 unspecified atom stereocenters. The van der Waals surface area contributed by atoms with Gasteiger partial charge in [0, 0.05) is 25.9 Å². The summed E-state index contributed by atoms with van der Waals surface area (Å²) in [5.41, 5.74) is 2.36. The first-order chi connectivity index (χ1) is 7.29. The fourth-order valence-electron chi connectivity index (χ4n) is 2.19. The number of nitrogens with one attached hydrogen (secondary N) is 1. The standard InChI is InChI=1S/C11H19N3O/c1-9-11(13-8-12-9)6-14-4-3-10(5-14)7-15-2/h8,10H,3-7H2,1-2H3,(H,12,13)/t10-/m0/s1. The van der Waals surface area contributed by atoms with Gasteiger partial charge in [0.1, 0.15) is 0 Å². The van der Waals surface area contributed by atoms with E-state index in [0.29, 0.717) is 5.92 Å². The van der Waals surface area contributed by atoms with E-state index in [-0.39, 0.29) is 0 Å². The molecule has 84 valence electrons. The molecule has 0 aromatic carbocycles. The van der Waals surface area contributed by atoms with E-state index in [2.05, 4.69) is 21.8 Å². The number of aromatic nitrogens is 2. The third kappa shape index (κ3) is 2.58. The molecule has 4 heteroatoms. The van der Waals surface area contributed by atoms with Crippen molar-refractivity contribution in [3.8, 4) is 0 Å². The van der Waals surface area contributed by atoms with Crippen LogP contribution < -0.4 is 0 Å². The summed E-state index contributed by atoms with van der Waals surface area (Å²) >= 11 is 0. The average molecular weight is 209 g/mol. The summed E-state index contributed by atoms with van der Waals surface area (Å²) in [6.07, 6.45) is 3.02. The van der Waals surface area contributed by atoms with Crippen LogP contribution in [0, 0.1) is 12.8 Å². The Morgan fingerprint density at radius 2 is 2.53 bits per heavy atom. The molecule has 0 radical (unpaired) electrons. The van der Waals surface area contributed by atoms with E-state index >= 15 is 0 Å². The van der Waals surface area contributed by atoms with E-state index in [1.165, 1.54) is 24.4 Å². The highest BCUT2D eigenvalue weighted by Crippen LogP contribution is 2.18. The smallest absolute Gasteiger partial charge is 0.0925 e. The van der Waals surface area contributed by atoms with Crippen molar-refractivity contribution in [1.29, 1.82) is 0 Å². The first kappa shape index (κ1) is 10.6. The molecule has 1 aromatic rings. The molecule has 15 heavy (non-hydrogen) atoms. The van der Waals surface area contributed by atoms with Gasteiger partial charge in [0.2, 0.25) is 0 Å². The van der Waals surface area contributed by atoms with Crippen LogP contribution in [0.15, 0.2) is 6.33 Å². The quantitative estimate of drug-likeness (QED) is 0.809. The third-order valence-corrected chi connectivity index (χ3v) is 3.08. The van der Waals surface area contributed by atoms with Crippen molar-refractivity contribution in [3.63, 3.8) is 0 Å². The maximum absolute atomic E-state index is 5.18. The number of hydrogen-bond donors (Lipinski definition) is 1. The zero-order valence-electron chi connectivity index (χ0n) is 9.49. The first-order valence-electron chi connectivity index (χ1n) is 5.49. The lowest BCUT2D eigenvalue weighted by Crippen LogP contribution is -2.21. The Morgan fingerprint density at radius 3 is 3.20 bits per heavy atom. The largest absolute Gasteiger partial charge is 0.384 e. The Morgan fingerprint density at radius 1 is 1.67 bits per heavy atom. The van der Waals surface area contributed by atoms with Crippen LogP contribution in [0.3, 0.4) is 0 Å². The van der Waals surface area contributed by atoms with Gasteiger partial charge in [-0.2, -0.15) is 0 Å². The van der Waals surface area contributed by atoms with Gasteiger partial charge in [-0.15, -0.1) is 0 Å². The molecule has 0 bridgehead atoms. The van der Waals surface area contributed by atoms with Gasteiger partial charge in [0.25, 0.3) is 0 Å². The van der Waals surface area contributed by atoms with Crippen LogP contribution in [0.4, 0.5) is 0 Å². The van der Waals surface area contributed by atoms with Gasteiger partial charge >= 0.3 is 0 Å². The number of aromatic amines is 1. The first-order valence-corrected chi connectivity index (χ1v) is 5.49. The van der Waals surface area contributed by atoms with Gasteiger partial charge in [-0.1, -0.05) is 0 Å². The second-order valence-corrected chi connectivity index (χ2v) is 4.32. The lowest BCUT2D eigenvalue weighted by atomic mass is 10.1. The number of rotatable bonds is 4. The monoisotopic (exact) mass is 209 g/mol. The van der Waals surface area contributed by atoms with E-state index in [1.807, 2.05) is 0 Å². The molecule has 2 heterocycles. The summed E-state index contributed by atoms with van der Waals surface area (Å²) in [4.78, 5) is 9.89. The molecule has 1 fully saturated rings. The predicted octanol–water partition coefficient (Wildman–Crippen LogP) is 1.19. The number of nitrogens with zero attached hydrogens (tertiary/aromatic N) is 2. The van der Waals surface area contributed by atoms with E-state index in [1.54, 1.807) is 13.4 Å². The minimum Gasteiger partial charge on any atom is -0.384 e. The molecule has 1 aliphatic rings. The van der Waals surface area contributed by atoms with Gasteiger partial charge in [-0.25, -0.2) is 4.98 Å². The van der Waals surface area contributed by atoms with E-state index in [0.717, 1.165) is 19.7 Å². The number of methoxy groups -OCH3 is 1. The fourth-order valence-corrected chi connectivity index (χ4v) is 2.19. The fraction of sp³-hybridized carbons (Fsp3) is 0.727. The van der Waals surface area contributed by atoms with Crippen LogP contribution >= 0.6 is 0 Å². The molecule has 1 saturated heterocycles. The predicted molar refractivity (Wildman–Crippen MR) is 58.6 cm³/mol. The highest BCUT2D eigenvalue weighted by atomic mass is 16.5. The van der Waals surface area contributed by atoms with Crippen LogP contribution in [-0.2, 0) is 11.3 Å². The summed E-state index contributed by atoms with van der Waals surface area (Å²) in [5, 5.41) is 0. The number of likely N-dealkylation sites (tertiary alicyclic amines) is 1. The van der Waals surface area contributed by atoms with Gasteiger partial charge in [0.15, 0.2) is 0 Å². The zero-order chi connectivity index (χ0) is 10.7. The minimum absolute atomic E-state index is 0.703. The Labute approximate surface area is 90.6 Å². The summed E-state index contributed by atoms with van der Waals surface area (Å²) < 4.78 is 5.18. The maximum atomic E-state index is 5.18. The van der Waals surface area contributed by atoms with Crippen molar-refractivity contribution >= 4 is 0 Å². The van der Waals surface area contributed by atoms with E-state index in [4.69, 9.17) is 4.74 Å². The SMILES string of the molecule is COC[C@H]1CCN(Cc2nc[nH]c2C)C1. The molecule has 1 aliphatic heterocycles. The molecule has 0 spiro atoms. The van der Waals surface area contributed by atoms with Gasteiger partial charge in [-0.3, -0.25) is 4.90 Å². The Hall–Kier alpha value is -0.870. The molecule has 1 aromatic heterocycles. The minimum atomic E-state index is 0.703. The second kappa shape index (κ2) is 4.77. The Balaban J connectivity index is 1.85. The van der Waals surface area contributed by atoms with E-state index in [9.17, 15) is 0 Å². The van der Waals surface area contributed by atoms with Gasteiger partial charge in [0.05, 0.1) is 18.6 Å². The number of aryl methyl sites for hydroxylation is 1. The Kier molecular flexibility index (Phi) is 3.38. The zero-order valence-corrected chi connectivity index (χ0v) is 9.49. The number of imidazole rings is 1. The van der Waals surface area contributed by atoms with Crippen molar-refractivity contribution in [3.05, 3.63) is 17.7 Å². The molecular formula is C11H19N3O. The number of hydrogen-bond acceptors (Lipinski definition) is 3. The second-order valence-electron chi connectivity index (χ2n) is 4.32. The topological polar surface area (TPSA) is 41.1 Å². The lowest BCUT2D eigenvalue weighted by molar-refractivity contribution is 0.152. The summed E-state index contributed by atoms with van der Waals surface area (Å²) in [7, 11) is 1.78. The van der Waals surface area contributed by atoms with Crippen LogP contribution in [0.5, 0.6) is 0 Å². The molecule has 0 amide bonds. The average Bonchev–Trinajstić information content (AvgIpc) is 2.79. The van der Waals surface area contributed by atoms with Crippen molar-refractivity contribution < 1.29 is 4.74 Å². The Bertz CT molecular complexity index is 311. The normalized spacial score (nSPS) is 22.4. The van der Waals surface area contributed by atoms with Crippen molar-refractivity contribution in [2.45, 2.75) is 19.9 Å². The summed E-state index contributed by atoms with van der Waals surface area (Å²) in [6.45, 7) is 6.23. The molecular weight excluding hydrogens is 190 g/mol. The molecule has 4 nitrogen and oxygen atoms in total. The van der Waals surface area contributed by atoms with Crippen molar-refractivity contribution in [1.82, 2.24) is 14.9 Å².